The van der Waals surface area contributed by atoms with Crippen molar-refractivity contribution in [2.24, 2.45) is 11.3 Å². The van der Waals surface area contributed by atoms with Gasteiger partial charge in [-0.25, -0.2) is 0 Å². The standard InChI is InChI=1S/C26H31F3N2O3/c1-15(2)25(13-22(32)31(14-25)23-17(5)8-7-9-18(23)6)24(33)30-20-10-19(26(27,28)29)11-21(12-20)34-16(3)4/h7-12,15-16H,13-14H2,1-6H3,(H,30,33)/t25-/m0/s1. The van der Waals surface area contributed by atoms with Crippen molar-refractivity contribution in [1.29, 1.82) is 0 Å². The third-order valence-corrected chi connectivity index (χ3v) is 6.34. The number of hydrogen-bond donors (Lipinski definition) is 1. The SMILES string of the molecule is Cc1cccc(C)c1N1C[C@](C(=O)Nc2cc(OC(C)C)cc(C(F)(F)F)c2)(C(C)C)CC1=O. The second kappa shape index (κ2) is 9.31. The molecule has 34 heavy (non-hydrogen) atoms. The van der Waals surface area contributed by atoms with E-state index in [0.29, 0.717) is 0 Å². The van der Waals surface area contributed by atoms with Crippen LogP contribution in [0.15, 0.2) is 36.4 Å². The van der Waals surface area contributed by atoms with Gasteiger partial charge in [0.1, 0.15) is 5.75 Å². The minimum absolute atomic E-state index is 0.0124. The topological polar surface area (TPSA) is 58.6 Å². The molecule has 1 N–H and O–H groups in total. The van der Waals surface area contributed by atoms with Crippen molar-refractivity contribution in [1.82, 2.24) is 0 Å². The van der Waals surface area contributed by atoms with Crippen LogP contribution < -0.4 is 15.0 Å². The Hall–Kier alpha value is -3.03. The number of carbonyl (C=O) groups excluding carboxylic acids is 2. The Morgan fingerprint density at radius 2 is 1.71 bits per heavy atom. The highest BCUT2D eigenvalue weighted by Crippen LogP contribution is 2.43. The number of nitrogens with one attached hydrogen (secondary N) is 1. The number of amides is 2. The van der Waals surface area contributed by atoms with E-state index < -0.39 is 23.1 Å². The summed E-state index contributed by atoms with van der Waals surface area (Å²) in [6, 6.07) is 8.89. The van der Waals surface area contributed by atoms with Crippen molar-refractivity contribution < 1.29 is 27.5 Å². The summed E-state index contributed by atoms with van der Waals surface area (Å²) in [5.41, 5.74) is 0.574. The Morgan fingerprint density at radius 3 is 2.24 bits per heavy atom. The van der Waals surface area contributed by atoms with E-state index in [0.717, 1.165) is 28.9 Å². The second-order valence-corrected chi connectivity index (χ2v) is 9.57. The molecule has 0 bridgehead atoms. The summed E-state index contributed by atoms with van der Waals surface area (Å²) in [5.74, 6) is -0.894. The lowest BCUT2D eigenvalue weighted by Crippen LogP contribution is -2.43. The zero-order valence-electron chi connectivity index (χ0n) is 20.3. The van der Waals surface area contributed by atoms with E-state index in [1.54, 1.807) is 18.7 Å². The molecule has 3 rings (SSSR count). The summed E-state index contributed by atoms with van der Waals surface area (Å²) < 4.78 is 45.9. The summed E-state index contributed by atoms with van der Waals surface area (Å²) in [6.45, 7) is 11.1. The van der Waals surface area contributed by atoms with Crippen LogP contribution in [0.3, 0.4) is 0 Å². The maximum Gasteiger partial charge on any atom is 0.416 e. The monoisotopic (exact) mass is 476 g/mol. The van der Waals surface area contributed by atoms with Gasteiger partial charge in [-0.05, 0) is 56.9 Å². The Kier molecular flexibility index (Phi) is 7.01. The van der Waals surface area contributed by atoms with Crippen LogP contribution in [0.4, 0.5) is 24.5 Å². The highest BCUT2D eigenvalue weighted by atomic mass is 19.4. The molecule has 0 saturated carbocycles. The molecule has 8 heteroatoms. The van der Waals surface area contributed by atoms with Crippen molar-refractivity contribution in [2.75, 3.05) is 16.8 Å². The molecule has 0 aromatic heterocycles. The summed E-state index contributed by atoms with van der Waals surface area (Å²) in [5, 5.41) is 2.66. The predicted molar refractivity (Wildman–Crippen MR) is 126 cm³/mol. The van der Waals surface area contributed by atoms with Gasteiger partial charge in [0.25, 0.3) is 0 Å². The minimum Gasteiger partial charge on any atom is -0.491 e. The lowest BCUT2D eigenvalue weighted by Gasteiger charge is -2.32. The normalized spacial score (nSPS) is 18.7. The fourth-order valence-corrected chi connectivity index (χ4v) is 4.46. The molecule has 1 heterocycles. The van der Waals surface area contributed by atoms with Gasteiger partial charge in [-0.1, -0.05) is 32.0 Å². The Labute approximate surface area is 198 Å². The number of halogens is 3. The lowest BCUT2D eigenvalue weighted by atomic mass is 9.75. The molecule has 1 saturated heterocycles. The maximum absolute atomic E-state index is 13.6. The van der Waals surface area contributed by atoms with Gasteiger partial charge in [-0.2, -0.15) is 13.2 Å². The summed E-state index contributed by atoms with van der Waals surface area (Å²) in [7, 11) is 0. The third-order valence-electron chi connectivity index (χ3n) is 6.34. The van der Waals surface area contributed by atoms with Crippen LogP contribution in [-0.4, -0.2) is 24.5 Å². The predicted octanol–water partition coefficient (Wildman–Crippen LogP) is 6.13. The molecule has 2 amide bonds. The molecule has 2 aromatic carbocycles. The van der Waals surface area contributed by atoms with Crippen molar-refractivity contribution >= 4 is 23.2 Å². The molecule has 184 valence electrons. The second-order valence-electron chi connectivity index (χ2n) is 9.57. The van der Waals surface area contributed by atoms with Crippen molar-refractivity contribution in [3.63, 3.8) is 0 Å². The molecule has 1 fully saturated rings. The van der Waals surface area contributed by atoms with Crippen LogP contribution in [0.1, 0.15) is 50.8 Å². The first-order chi connectivity index (χ1) is 15.7. The molecule has 0 spiro atoms. The fraction of sp³-hybridized carbons (Fsp3) is 0.462. The maximum atomic E-state index is 13.6. The molecular formula is C26H31F3N2O3. The van der Waals surface area contributed by atoms with Crippen LogP contribution in [0.2, 0.25) is 0 Å². The molecule has 0 radical (unpaired) electrons. The van der Waals surface area contributed by atoms with Crippen molar-refractivity contribution in [2.45, 2.75) is 60.2 Å². The summed E-state index contributed by atoms with van der Waals surface area (Å²) >= 11 is 0. The number of para-hydroxylation sites is 1. The van der Waals surface area contributed by atoms with Crippen LogP contribution in [0, 0.1) is 25.2 Å². The van der Waals surface area contributed by atoms with E-state index in [4.69, 9.17) is 4.74 Å². The van der Waals surface area contributed by atoms with E-state index in [1.165, 1.54) is 6.07 Å². The van der Waals surface area contributed by atoms with Crippen LogP contribution >= 0.6 is 0 Å². The molecule has 0 aliphatic carbocycles. The smallest absolute Gasteiger partial charge is 0.416 e. The van der Waals surface area contributed by atoms with Gasteiger partial charge in [0, 0.05) is 30.4 Å². The van der Waals surface area contributed by atoms with E-state index in [9.17, 15) is 22.8 Å². The first-order valence-electron chi connectivity index (χ1n) is 11.3. The lowest BCUT2D eigenvalue weighted by molar-refractivity contribution is -0.137. The fourth-order valence-electron chi connectivity index (χ4n) is 4.46. The number of alkyl halides is 3. The third kappa shape index (κ3) is 5.05. The van der Waals surface area contributed by atoms with E-state index in [1.807, 2.05) is 45.9 Å². The molecule has 0 unspecified atom stereocenters. The average molecular weight is 477 g/mol. The number of nitrogens with zero attached hydrogens (tertiary/aromatic N) is 1. The molecular weight excluding hydrogens is 445 g/mol. The first kappa shape index (κ1) is 25.6. The van der Waals surface area contributed by atoms with Gasteiger partial charge in [-0.3, -0.25) is 9.59 Å². The van der Waals surface area contributed by atoms with Gasteiger partial charge < -0.3 is 15.0 Å². The number of carbonyl (C=O) groups is 2. The Bertz CT molecular complexity index is 1070. The zero-order chi connectivity index (χ0) is 25.4. The van der Waals surface area contributed by atoms with Crippen molar-refractivity contribution in [3.8, 4) is 5.75 Å². The van der Waals surface area contributed by atoms with Crippen LogP contribution in [0.5, 0.6) is 5.75 Å². The van der Waals surface area contributed by atoms with E-state index in [2.05, 4.69) is 5.32 Å². The van der Waals surface area contributed by atoms with Crippen molar-refractivity contribution in [3.05, 3.63) is 53.1 Å². The highest BCUT2D eigenvalue weighted by molar-refractivity contribution is 6.06. The number of hydrogen-bond acceptors (Lipinski definition) is 3. The van der Waals surface area contributed by atoms with E-state index in [-0.39, 0.29) is 42.3 Å². The number of aryl methyl sites for hydroxylation is 2. The molecule has 2 aromatic rings. The Balaban J connectivity index is 1.97. The summed E-state index contributed by atoms with van der Waals surface area (Å²) in [6.07, 6.45) is -4.97. The zero-order valence-corrected chi connectivity index (χ0v) is 20.3. The largest absolute Gasteiger partial charge is 0.491 e. The molecule has 1 aliphatic heterocycles. The number of anilines is 2. The van der Waals surface area contributed by atoms with Crippen LogP contribution in [0.25, 0.3) is 0 Å². The van der Waals surface area contributed by atoms with Crippen LogP contribution in [-0.2, 0) is 15.8 Å². The summed E-state index contributed by atoms with van der Waals surface area (Å²) in [4.78, 5) is 28.3. The Morgan fingerprint density at radius 1 is 1.09 bits per heavy atom. The molecule has 1 aliphatic rings. The molecule has 5 nitrogen and oxygen atoms in total. The number of ether oxygens (including phenoxy) is 1. The number of rotatable bonds is 6. The minimum atomic E-state index is -4.60. The van der Waals surface area contributed by atoms with E-state index >= 15 is 0 Å². The first-order valence-corrected chi connectivity index (χ1v) is 11.3. The van der Waals surface area contributed by atoms with Gasteiger partial charge in [0.15, 0.2) is 0 Å². The van der Waals surface area contributed by atoms with Gasteiger partial charge >= 0.3 is 6.18 Å². The number of benzene rings is 2. The van der Waals surface area contributed by atoms with Gasteiger partial charge in [-0.15, -0.1) is 0 Å². The average Bonchev–Trinajstić information content (AvgIpc) is 3.05. The molecule has 1 atom stereocenters. The van der Waals surface area contributed by atoms with Gasteiger partial charge in [0.2, 0.25) is 11.8 Å². The van der Waals surface area contributed by atoms with Gasteiger partial charge in [0.05, 0.1) is 17.1 Å². The quantitative estimate of drug-likeness (QED) is 0.546. The highest BCUT2D eigenvalue weighted by Gasteiger charge is 2.51.